The first-order valence-electron chi connectivity index (χ1n) is 5.24. The maximum atomic E-state index is 4.61. The first-order chi connectivity index (χ1) is 7.65. The lowest BCUT2D eigenvalue weighted by Crippen LogP contribution is -2.11. The summed E-state index contributed by atoms with van der Waals surface area (Å²) in [7, 11) is 5.98. The number of aromatic nitrogens is 5. The molecule has 2 aromatic rings. The zero-order chi connectivity index (χ0) is 11.3. The summed E-state index contributed by atoms with van der Waals surface area (Å²) >= 11 is 0. The summed E-state index contributed by atoms with van der Waals surface area (Å²) < 4.78 is 3.79. The van der Waals surface area contributed by atoms with Gasteiger partial charge in [0.25, 0.3) is 0 Å². The van der Waals surface area contributed by atoms with Crippen LogP contribution in [0.25, 0.3) is 11.6 Å². The third kappa shape index (κ3) is 1.26. The Labute approximate surface area is 93.5 Å². The Morgan fingerprint density at radius 2 is 2.00 bits per heavy atom. The molecule has 0 fully saturated rings. The molecule has 0 atom stereocenters. The van der Waals surface area contributed by atoms with Crippen LogP contribution in [0.1, 0.15) is 11.4 Å². The van der Waals surface area contributed by atoms with Crippen LogP contribution in [0.3, 0.4) is 0 Å². The molecule has 0 N–H and O–H groups in total. The van der Waals surface area contributed by atoms with Crippen LogP contribution in [-0.4, -0.2) is 36.3 Å². The van der Waals surface area contributed by atoms with Crippen molar-refractivity contribution < 1.29 is 0 Å². The Morgan fingerprint density at radius 3 is 2.62 bits per heavy atom. The normalized spacial score (nSPS) is 15.7. The number of rotatable bonds is 1. The average molecular weight is 218 g/mol. The Bertz CT molecular complexity index is 537. The highest BCUT2D eigenvalue weighted by atomic mass is 15.3. The molecule has 1 aliphatic rings. The number of hydrogen-bond acceptors (Lipinski definition) is 4. The second-order valence-electron chi connectivity index (χ2n) is 4.30. The molecule has 3 rings (SSSR count). The molecule has 0 amide bonds. The molecule has 2 aromatic heterocycles. The van der Waals surface area contributed by atoms with Crippen LogP contribution < -0.4 is 0 Å². The molecule has 6 heteroatoms. The largest absolute Gasteiger partial charge is 0.327 e. The van der Waals surface area contributed by atoms with E-state index in [9.17, 15) is 0 Å². The molecule has 16 heavy (non-hydrogen) atoms. The maximum Gasteiger partial charge on any atom is 0.217 e. The van der Waals surface area contributed by atoms with E-state index in [0.717, 1.165) is 24.6 Å². The van der Waals surface area contributed by atoms with Gasteiger partial charge in [0.1, 0.15) is 6.33 Å². The first kappa shape index (κ1) is 9.53. The van der Waals surface area contributed by atoms with Gasteiger partial charge >= 0.3 is 0 Å². The van der Waals surface area contributed by atoms with Gasteiger partial charge in [0.15, 0.2) is 5.82 Å². The average Bonchev–Trinajstić information content (AvgIpc) is 2.85. The minimum absolute atomic E-state index is 0.696. The summed E-state index contributed by atoms with van der Waals surface area (Å²) in [5, 5.41) is 4.28. The molecule has 0 unspecified atom stereocenters. The SMILES string of the molecule is CN1Cc2nc(-c3ncn(C)n3)n(C)c2C1. The Balaban J connectivity index is 2.08. The lowest BCUT2D eigenvalue weighted by molar-refractivity contribution is 0.344. The molecular formula is C10H14N6. The fraction of sp³-hybridized carbons (Fsp3) is 0.500. The Kier molecular flexibility index (Phi) is 1.88. The molecule has 6 nitrogen and oxygen atoms in total. The summed E-state index contributed by atoms with van der Waals surface area (Å²) in [5.74, 6) is 1.56. The lowest BCUT2D eigenvalue weighted by atomic mass is 10.4. The highest BCUT2D eigenvalue weighted by molar-refractivity contribution is 5.46. The molecule has 0 aromatic carbocycles. The van der Waals surface area contributed by atoms with Gasteiger partial charge in [-0.2, -0.15) is 0 Å². The summed E-state index contributed by atoms with van der Waals surface area (Å²) in [5.41, 5.74) is 2.41. The van der Waals surface area contributed by atoms with Crippen molar-refractivity contribution in [1.29, 1.82) is 0 Å². The second kappa shape index (κ2) is 3.15. The number of hydrogen-bond donors (Lipinski definition) is 0. The van der Waals surface area contributed by atoms with E-state index in [1.165, 1.54) is 5.69 Å². The van der Waals surface area contributed by atoms with Crippen molar-refractivity contribution in [3.63, 3.8) is 0 Å². The smallest absolute Gasteiger partial charge is 0.217 e. The van der Waals surface area contributed by atoms with Crippen molar-refractivity contribution in [3.05, 3.63) is 17.7 Å². The van der Waals surface area contributed by atoms with Crippen molar-refractivity contribution in [3.8, 4) is 11.6 Å². The fourth-order valence-electron chi connectivity index (χ4n) is 2.12. The number of nitrogens with zero attached hydrogens (tertiary/aromatic N) is 6. The van der Waals surface area contributed by atoms with Crippen molar-refractivity contribution in [1.82, 2.24) is 29.2 Å². The molecule has 0 saturated heterocycles. The van der Waals surface area contributed by atoms with Crippen LogP contribution in [0.5, 0.6) is 0 Å². The summed E-state index contributed by atoms with van der Waals surface area (Å²) in [6.07, 6.45) is 1.70. The van der Waals surface area contributed by atoms with E-state index < -0.39 is 0 Å². The van der Waals surface area contributed by atoms with Crippen LogP contribution in [-0.2, 0) is 27.2 Å². The first-order valence-corrected chi connectivity index (χ1v) is 5.24. The van der Waals surface area contributed by atoms with E-state index in [-0.39, 0.29) is 0 Å². The summed E-state index contributed by atoms with van der Waals surface area (Å²) in [6, 6.07) is 0. The third-order valence-electron chi connectivity index (χ3n) is 2.94. The van der Waals surface area contributed by atoms with Gasteiger partial charge in [-0.25, -0.2) is 9.97 Å². The highest BCUT2D eigenvalue weighted by Gasteiger charge is 2.24. The summed E-state index contributed by atoms with van der Waals surface area (Å²) in [6.45, 7) is 1.86. The van der Waals surface area contributed by atoms with Gasteiger partial charge in [0.2, 0.25) is 5.82 Å². The van der Waals surface area contributed by atoms with Crippen LogP contribution in [0.4, 0.5) is 0 Å². The van der Waals surface area contributed by atoms with Gasteiger partial charge in [0.05, 0.1) is 11.4 Å². The Hall–Kier alpha value is -1.69. The monoisotopic (exact) mass is 218 g/mol. The molecule has 0 saturated carbocycles. The molecular weight excluding hydrogens is 204 g/mol. The molecule has 1 aliphatic heterocycles. The zero-order valence-electron chi connectivity index (χ0n) is 9.67. The van der Waals surface area contributed by atoms with Crippen LogP contribution in [0.2, 0.25) is 0 Å². The quantitative estimate of drug-likeness (QED) is 0.684. The fourth-order valence-corrected chi connectivity index (χ4v) is 2.12. The minimum atomic E-state index is 0.696. The van der Waals surface area contributed by atoms with Crippen LogP contribution >= 0.6 is 0 Å². The number of aryl methyl sites for hydroxylation is 1. The Morgan fingerprint density at radius 1 is 1.19 bits per heavy atom. The molecule has 0 spiro atoms. The van der Waals surface area contributed by atoms with E-state index in [2.05, 4.69) is 31.6 Å². The topological polar surface area (TPSA) is 51.8 Å². The molecule has 84 valence electrons. The van der Waals surface area contributed by atoms with E-state index in [1.807, 2.05) is 14.1 Å². The van der Waals surface area contributed by atoms with Crippen LogP contribution in [0.15, 0.2) is 6.33 Å². The van der Waals surface area contributed by atoms with E-state index in [1.54, 1.807) is 11.0 Å². The van der Waals surface area contributed by atoms with Crippen molar-refractivity contribution in [2.75, 3.05) is 7.05 Å². The molecule has 0 bridgehead atoms. The lowest BCUT2D eigenvalue weighted by Gasteiger charge is -2.07. The number of fused-ring (bicyclic) bond motifs is 1. The predicted octanol–water partition coefficient (Wildman–Crippen LogP) is 0.161. The van der Waals surface area contributed by atoms with Gasteiger partial charge in [-0.05, 0) is 7.05 Å². The van der Waals surface area contributed by atoms with Crippen molar-refractivity contribution in [2.45, 2.75) is 13.1 Å². The molecule has 0 radical (unpaired) electrons. The van der Waals surface area contributed by atoms with Gasteiger partial charge in [-0.3, -0.25) is 9.58 Å². The maximum absolute atomic E-state index is 4.61. The summed E-state index contributed by atoms with van der Waals surface area (Å²) in [4.78, 5) is 11.1. The standard InChI is InChI=1S/C10H14N6/c1-14-4-7-8(5-14)16(3)10(12-7)9-11-6-15(2)13-9/h6H,4-5H2,1-3H3. The second-order valence-corrected chi connectivity index (χ2v) is 4.30. The zero-order valence-corrected chi connectivity index (χ0v) is 9.67. The van der Waals surface area contributed by atoms with Gasteiger partial charge in [-0.1, -0.05) is 0 Å². The minimum Gasteiger partial charge on any atom is -0.327 e. The highest BCUT2D eigenvalue weighted by Crippen LogP contribution is 2.25. The van der Waals surface area contributed by atoms with Gasteiger partial charge in [0, 0.05) is 27.2 Å². The number of imidazole rings is 1. The third-order valence-corrected chi connectivity index (χ3v) is 2.94. The van der Waals surface area contributed by atoms with E-state index in [0.29, 0.717) is 5.82 Å². The predicted molar refractivity (Wildman–Crippen MR) is 58.4 cm³/mol. The van der Waals surface area contributed by atoms with Crippen LogP contribution in [0, 0.1) is 0 Å². The molecule has 0 aliphatic carbocycles. The van der Waals surface area contributed by atoms with Gasteiger partial charge < -0.3 is 4.57 Å². The molecule has 3 heterocycles. The van der Waals surface area contributed by atoms with Crippen molar-refractivity contribution >= 4 is 0 Å². The van der Waals surface area contributed by atoms with Crippen molar-refractivity contribution in [2.24, 2.45) is 14.1 Å². The van der Waals surface area contributed by atoms with E-state index >= 15 is 0 Å². The van der Waals surface area contributed by atoms with E-state index in [4.69, 9.17) is 0 Å². The van der Waals surface area contributed by atoms with Gasteiger partial charge in [-0.15, -0.1) is 5.10 Å².